The second-order valence-electron chi connectivity index (χ2n) is 5.15. The number of amides is 1. The summed E-state index contributed by atoms with van der Waals surface area (Å²) in [5, 5.41) is 3.64. The highest BCUT2D eigenvalue weighted by Gasteiger charge is 2.65. The van der Waals surface area contributed by atoms with Gasteiger partial charge < -0.3 is 5.32 Å². The minimum atomic E-state index is -0.415. The molecule has 4 heteroatoms. The predicted molar refractivity (Wildman–Crippen MR) is 73.4 cm³/mol. The number of halogens is 1. The Morgan fingerprint density at radius 1 is 1.26 bits per heavy atom. The highest BCUT2D eigenvalue weighted by molar-refractivity contribution is 6.31. The van der Waals surface area contributed by atoms with Crippen LogP contribution in [0.2, 0.25) is 5.02 Å². The summed E-state index contributed by atoms with van der Waals surface area (Å²) in [6, 6.07) is 9.57. The van der Waals surface area contributed by atoms with Gasteiger partial charge in [0, 0.05) is 29.0 Å². The van der Waals surface area contributed by atoms with Crippen LogP contribution in [0.4, 0.5) is 5.69 Å². The molecule has 1 aromatic carbocycles. The van der Waals surface area contributed by atoms with Gasteiger partial charge in [0.25, 0.3) is 0 Å². The highest BCUT2D eigenvalue weighted by Crippen LogP contribution is 2.65. The molecule has 4 rings (SSSR count). The van der Waals surface area contributed by atoms with Crippen LogP contribution < -0.4 is 5.32 Å². The van der Waals surface area contributed by atoms with Crippen molar-refractivity contribution in [2.24, 2.45) is 0 Å². The molecule has 1 amide bonds. The molecule has 19 heavy (non-hydrogen) atoms. The number of pyridine rings is 1. The van der Waals surface area contributed by atoms with E-state index in [0.717, 1.165) is 23.2 Å². The maximum atomic E-state index is 12.3. The molecule has 2 aliphatic rings. The van der Waals surface area contributed by atoms with Crippen molar-refractivity contribution in [1.82, 2.24) is 4.98 Å². The van der Waals surface area contributed by atoms with Crippen LogP contribution in [0.3, 0.4) is 0 Å². The number of nitrogens with one attached hydrogen (secondary N) is 1. The first-order chi connectivity index (χ1) is 9.22. The molecule has 1 N–H and O–H groups in total. The van der Waals surface area contributed by atoms with E-state index in [1.807, 2.05) is 30.3 Å². The third kappa shape index (κ3) is 1.39. The minimum absolute atomic E-state index is 0.0894. The van der Waals surface area contributed by atoms with Crippen molar-refractivity contribution in [3.05, 3.63) is 58.9 Å². The van der Waals surface area contributed by atoms with Crippen molar-refractivity contribution in [1.29, 1.82) is 0 Å². The van der Waals surface area contributed by atoms with E-state index in [0.29, 0.717) is 5.02 Å². The molecule has 1 aliphatic heterocycles. The Morgan fingerprint density at radius 3 is 2.84 bits per heavy atom. The highest BCUT2D eigenvalue weighted by atomic mass is 35.5. The van der Waals surface area contributed by atoms with Gasteiger partial charge in [-0.05, 0) is 47.9 Å². The average molecular weight is 271 g/mol. The zero-order valence-corrected chi connectivity index (χ0v) is 10.8. The standard InChI is InChI=1S/C15H11ClN2O/c16-10-1-2-13-11(7-10)15(14(19)18-13)8-12(15)9-3-5-17-6-4-9/h1-7,12H,8H2,(H,18,19)/t12-,15-/m1/s1. The van der Waals surface area contributed by atoms with Gasteiger partial charge in [0.15, 0.2) is 0 Å². The Balaban J connectivity index is 1.82. The van der Waals surface area contributed by atoms with E-state index in [1.165, 1.54) is 0 Å². The second-order valence-corrected chi connectivity index (χ2v) is 5.59. The van der Waals surface area contributed by atoms with Gasteiger partial charge in [-0.25, -0.2) is 0 Å². The maximum absolute atomic E-state index is 12.3. The molecule has 1 spiro atoms. The van der Waals surface area contributed by atoms with Crippen LogP contribution in [-0.4, -0.2) is 10.9 Å². The number of carbonyl (C=O) groups excluding carboxylic acids is 1. The van der Waals surface area contributed by atoms with E-state index in [-0.39, 0.29) is 11.8 Å². The first-order valence-electron chi connectivity index (χ1n) is 6.23. The molecule has 1 aliphatic carbocycles. The molecule has 0 bridgehead atoms. The number of benzene rings is 1. The number of rotatable bonds is 1. The van der Waals surface area contributed by atoms with Crippen molar-refractivity contribution in [2.45, 2.75) is 17.8 Å². The Kier molecular flexibility index (Phi) is 2.07. The number of hydrogen-bond acceptors (Lipinski definition) is 2. The van der Waals surface area contributed by atoms with E-state index >= 15 is 0 Å². The first-order valence-corrected chi connectivity index (χ1v) is 6.61. The summed E-state index contributed by atoms with van der Waals surface area (Å²) in [5.41, 5.74) is 2.68. The van der Waals surface area contributed by atoms with Crippen molar-refractivity contribution in [3.63, 3.8) is 0 Å². The number of carbonyl (C=O) groups is 1. The van der Waals surface area contributed by atoms with Crippen LogP contribution in [0.25, 0.3) is 0 Å². The zero-order chi connectivity index (χ0) is 13.0. The summed E-state index contributed by atoms with van der Waals surface area (Å²) in [7, 11) is 0. The molecule has 94 valence electrons. The Hall–Kier alpha value is -1.87. The molecular formula is C15H11ClN2O. The molecule has 1 saturated carbocycles. The molecule has 0 saturated heterocycles. The molecule has 0 radical (unpaired) electrons. The topological polar surface area (TPSA) is 42.0 Å². The quantitative estimate of drug-likeness (QED) is 0.865. The van der Waals surface area contributed by atoms with Crippen LogP contribution in [0.5, 0.6) is 0 Å². The SMILES string of the molecule is O=C1Nc2ccc(Cl)cc2[C@@]12C[C@@H]2c1ccncc1. The monoisotopic (exact) mass is 270 g/mol. The van der Waals surface area contributed by atoms with Crippen LogP contribution >= 0.6 is 11.6 Å². The van der Waals surface area contributed by atoms with Gasteiger partial charge >= 0.3 is 0 Å². The zero-order valence-electron chi connectivity index (χ0n) is 10.1. The second kappa shape index (κ2) is 3.58. The van der Waals surface area contributed by atoms with Crippen molar-refractivity contribution < 1.29 is 4.79 Å². The van der Waals surface area contributed by atoms with E-state index < -0.39 is 5.41 Å². The number of nitrogens with zero attached hydrogens (tertiary/aromatic N) is 1. The number of anilines is 1. The molecule has 3 nitrogen and oxygen atoms in total. The summed E-state index contributed by atoms with van der Waals surface area (Å²) in [5.74, 6) is 0.321. The third-order valence-corrected chi connectivity index (χ3v) is 4.42. The fraction of sp³-hybridized carbons (Fsp3) is 0.200. The number of fused-ring (bicyclic) bond motifs is 2. The molecule has 0 unspecified atom stereocenters. The molecule has 2 heterocycles. The molecule has 1 aromatic heterocycles. The molecule has 2 atom stereocenters. The summed E-state index contributed by atoms with van der Waals surface area (Å²) in [4.78, 5) is 16.4. The lowest BCUT2D eigenvalue weighted by atomic mass is 9.92. The van der Waals surface area contributed by atoms with E-state index in [4.69, 9.17) is 11.6 Å². The Bertz CT molecular complexity index is 686. The summed E-state index contributed by atoms with van der Waals surface area (Å²) in [6.07, 6.45) is 4.39. The largest absolute Gasteiger partial charge is 0.325 e. The normalized spacial score (nSPS) is 27.2. The van der Waals surface area contributed by atoms with Crippen LogP contribution in [-0.2, 0) is 10.2 Å². The maximum Gasteiger partial charge on any atom is 0.235 e. The number of hydrogen-bond donors (Lipinski definition) is 1. The van der Waals surface area contributed by atoms with Crippen LogP contribution in [0, 0.1) is 0 Å². The number of aromatic nitrogens is 1. The van der Waals surface area contributed by atoms with Gasteiger partial charge in [0.1, 0.15) is 0 Å². The van der Waals surface area contributed by atoms with Gasteiger partial charge in [-0.2, -0.15) is 0 Å². The lowest BCUT2D eigenvalue weighted by Crippen LogP contribution is -2.20. The van der Waals surface area contributed by atoms with Crippen LogP contribution in [0.1, 0.15) is 23.5 Å². The fourth-order valence-electron chi connectivity index (χ4n) is 3.16. The predicted octanol–water partition coefficient (Wildman–Crippen LogP) is 3.11. The lowest BCUT2D eigenvalue weighted by molar-refractivity contribution is -0.118. The van der Waals surface area contributed by atoms with Gasteiger partial charge in [-0.3, -0.25) is 9.78 Å². The van der Waals surface area contributed by atoms with Crippen molar-refractivity contribution in [2.75, 3.05) is 5.32 Å². The minimum Gasteiger partial charge on any atom is -0.325 e. The smallest absolute Gasteiger partial charge is 0.235 e. The van der Waals surface area contributed by atoms with Crippen molar-refractivity contribution >= 4 is 23.2 Å². The first kappa shape index (κ1) is 11.0. The summed E-state index contributed by atoms with van der Waals surface area (Å²) in [6.45, 7) is 0. The molecule has 1 fully saturated rings. The van der Waals surface area contributed by atoms with Crippen molar-refractivity contribution in [3.8, 4) is 0 Å². The molecular weight excluding hydrogens is 260 g/mol. The van der Waals surface area contributed by atoms with Crippen LogP contribution in [0.15, 0.2) is 42.7 Å². The summed E-state index contributed by atoms with van der Waals surface area (Å²) >= 11 is 6.07. The van der Waals surface area contributed by atoms with Gasteiger partial charge in [-0.15, -0.1) is 0 Å². The van der Waals surface area contributed by atoms with Gasteiger partial charge in [-0.1, -0.05) is 11.6 Å². The van der Waals surface area contributed by atoms with Gasteiger partial charge in [0.2, 0.25) is 5.91 Å². The van der Waals surface area contributed by atoms with E-state index in [2.05, 4.69) is 10.3 Å². The van der Waals surface area contributed by atoms with E-state index in [9.17, 15) is 4.79 Å². The Labute approximate surface area is 115 Å². The Morgan fingerprint density at radius 2 is 2.05 bits per heavy atom. The molecule has 2 aromatic rings. The lowest BCUT2D eigenvalue weighted by Gasteiger charge is -2.08. The van der Waals surface area contributed by atoms with Gasteiger partial charge in [0.05, 0.1) is 5.41 Å². The average Bonchev–Trinajstić information content (AvgIpc) is 3.12. The van der Waals surface area contributed by atoms with E-state index in [1.54, 1.807) is 12.4 Å². The third-order valence-electron chi connectivity index (χ3n) is 4.18. The fourth-order valence-corrected chi connectivity index (χ4v) is 3.33. The summed E-state index contributed by atoms with van der Waals surface area (Å²) < 4.78 is 0.